The van der Waals surface area contributed by atoms with Crippen molar-refractivity contribution in [1.29, 1.82) is 0 Å². The van der Waals surface area contributed by atoms with Gasteiger partial charge in [0.15, 0.2) is 0 Å². The minimum Gasteiger partial charge on any atom is -0.475 e. The zero-order chi connectivity index (χ0) is 38.5. The second-order valence-corrected chi connectivity index (χ2v) is 12.6. The molecular formula is C32H43F4N5O8S. The maximum Gasteiger partial charge on any atom is 0.490 e. The fourth-order valence-corrected chi connectivity index (χ4v) is 5.39. The average Bonchev–Trinajstić information content (AvgIpc) is 3.36. The molecule has 4 amide bonds. The summed E-state index contributed by atoms with van der Waals surface area (Å²) in [6.07, 6.45) is -4.67. The van der Waals surface area contributed by atoms with Crippen molar-refractivity contribution in [1.82, 2.24) is 16.0 Å². The van der Waals surface area contributed by atoms with E-state index < -0.39 is 65.6 Å². The molecule has 7 N–H and O–H groups in total. The lowest BCUT2D eigenvalue weighted by Crippen LogP contribution is -2.55. The molecule has 1 aromatic heterocycles. The van der Waals surface area contributed by atoms with Crippen LogP contribution in [0.1, 0.15) is 78.1 Å². The van der Waals surface area contributed by atoms with Gasteiger partial charge in [-0.1, -0.05) is 46.8 Å². The number of carboxylic acid groups (broad SMARTS) is 1. The Bertz CT molecular complexity index is 1510. The number of anilines is 1. The molecule has 0 aliphatic carbocycles. The van der Waals surface area contributed by atoms with Crippen LogP contribution in [-0.4, -0.2) is 79.1 Å². The third-order valence-corrected chi connectivity index (χ3v) is 8.40. The largest absolute Gasteiger partial charge is 0.490 e. The van der Waals surface area contributed by atoms with Crippen molar-refractivity contribution in [3.63, 3.8) is 0 Å². The Hall–Kier alpha value is -4.58. The first-order valence-electron chi connectivity index (χ1n) is 15.4. The topological polar surface area (TPSA) is 206 Å². The van der Waals surface area contributed by atoms with Gasteiger partial charge in [0.2, 0.25) is 17.7 Å². The van der Waals surface area contributed by atoms with Crippen LogP contribution in [0.5, 0.6) is 0 Å². The average molecular weight is 734 g/mol. The number of amides is 4. The Balaban J connectivity index is 0.00000161. The monoisotopic (exact) mass is 733 g/mol. The number of esters is 1. The van der Waals surface area contributed by atoms with Gasteiger partial charge >= 0.3 is 18.1 Å². The summed E-state index contributed by atoms with van der Waals surface area (Å²) in [5.41, 5.74) is 6.89. The SMILES string of the molecule is CCC(C(=O)Nc1sc(C(=O)NCCNC(=O)[C@@H](NC(=O)[C@@H](N)C(C)C)C(C)C)c(C)c1C(=O)OC)c1ccc(F)cc1.O=C(O)C(F)(F)F. The number of benzene rings is 1. The summed E-state index contributed by atoms with van der Waals surface area (Å²) in [5, 5.41) is 18.1. The first-order chi connectivity index (χ1) is 23.2. The molecule has 0 spiro atoms. The molecule has 1 heterocycles. The van der Waals surface area contributed by atoms with Crippen LogP contribution in [-0.2, 0) is 23.9 Å². The molecule has 0 bridgehead atoms. The van der Waals surface area contributed by atoms with E-state index in [1.165, 1.54) is 31.4 Å². The van der Waals surface area contributed by atoms with Crippen LogP contribution < -0.4 is 27.0 Å². The van der Waals surface area contributed by atoms with E-state index in [0.29, 0.717) is 17.5 Å². The van der Waals surface area contributed by atoms with Crippen molar-refractivity contribution in [3.05, 3.63) is 51.7 Å². The van der Waals surface area contributed by atoms with Crippen LogP contribution >= 0.6 is 11.3 Å². The van der Waals surface area contributed by atoms with Crippen molar-refractivity contribution < 1.29 is 56.2 Å². The van der Waals surface area contributed by atoms with E-state index in [9.17, 15) is 41.5 Å². The molecule has 0 aliphatic rings. The molecule has 13 nitrogen and oxygen atoms in total. The van der Waals surface area contributed by atoms with Crippen molar-refractivity contribution in [3.8, 4) is 0 Å². The molecule has 0 saturated heterocycles. The summed E-state index contributed by atoms with van der Waals surface area (Å²) < 4.78 is 50.0. The molecule has 0 fully saturated rings. The third kappa shape index (κ3) is 12.7. The zero-order valence-corrected chi connectivity index (χ0v) is 29.4. The molecule has 2 rings (SSSR count). The quantitative estimate of drug-likeness (QED) is 0.0950. The summed E-state index contributed by atoms with van der Waals surface area (Å²) in [4.78, 5) is 73.0. The fraction of sp³-hybridized carbons (Fsp3) is 0.500. The number of halogens is 4. The highest BCUT2D eigenvalue weighted by molar-refractivity contribution is 7.18. The van der Waals surface area contributed by atoms with E-state index in [-0.39, 0.29) is 40.4 Å². The smallest absolute Gasteiger partial charge is 0.475 e. The number of aliphatic carboxylic acids is 1. The second kappa shape index (κ2) is 19.6. The second-order valence-electron chi connectivity index (χ2n) is 11.6. The Morgan fingerprint density at radius 3 is 1.92 bits per heavy atom. The van der Waals surface area contributed by atoms with E-state index >= 15 is 0 Å². The van der Waals surface area contributed by atoms with E-state index in [1.807, 2.05) is 20.8 Å². The number of thiophene rings is 1. The number of methoxy groups -OCH3 is 1. The normalized spacial score (nSPS) is 12.9. The van der Waals surface area contributed by atoms with Gasteiger partial charge in [-0.25, -0.2) is 14.0 Å². The molecule has 278 valence electrons. The number of carboxylic acids is 1. The molecule has 2 aromatic rings. The minimum atomic E-state index is -5.08. The molecule has 18 heteroatoms. The van der Waals surface area contributed by atoms with Gasteiger partial charge in [0.25, 0.3) is 5.91 Å². The highest BCUT2D eigenvalue weighted by Crippen LogP contribution is 2.35. The lowest BCUT2D eigenvalue weighted by Gasteiger charge is -2.24. The molecule has 1 aromatic carbocycles. The lowest BCUT2D eigenvalue weighted by atomic mass is 9.95. The number of hydrogen-bond donors (Lipinski definition) is 6. The lowest BCUT2D eigenvalue weighted by molar-refractivity contribution is -0.192. The van der Waals surface area contributed by atoms with E-state index in [0.717, 1.165) is 11.3 Å². The van der Waals surface area contributed by atoms with E-state index in [2.05, 4.69) is 21.3 Å². The number of ether oxygens (including phenoxy) is 1. The predicted octanol–water partition coefficient (Wildman–Crippen LogP) is 3.72. The van der Waals surface area contributed by atoms with Gasteiger partial charge in [-0.15, -0.1) is 11.3 Å². The van der Waals surface area contributed by atoms with Crippen LogP contribution in [0, 0.1) is 24.6 Å². The number of carbonyl (C=O) groups excluding carboxylic acids is 5. The summed E-state index contributed by atoms with van der Waals surface area (Å²) >= 11 is 0.925. The highest BCUT2D eigenvalue weighted by atomic mass is 32.1. The van der Waals surface area contributed by atoms with Crippen LogP contribution in [0.2, 0.25) is 0 Å². The number of nitrogens with two attached hydrogens (primary N) is 1. The molecule has 0 radical (unpaired) electrons. The Morgan fingerprint density at radius 2 is 1.46 bits per heavy atom. The van der Waals surface area contributed by atoms with Crippen molar-refractivity contribution >= 4 is 51.9 Å². The standard InChI is InChI=1S/C30H42FN5O6S.C2HF3O2/c1-8-20(18-9-11-19(31)12-10-18)25(37)36-29-21(30(41)42-7)17(6)24(43-29)28(40)34-14-13-33-27(39)23(16(4)5)35-26(38)22(32)15(2)3;3-2(4,5)1(6)7/h9-12,15-16,20,22-23H,8,13-14,32H2,1-7H3,(H,33,39)(H,34,40)(H,35,38)(H,36,37);(H,6,7)/t20?,22-,23-;/m0./s1. The van der Waals surface area contributed by atoms with Crippen LogP contribution in [0.25, 0.3) is 0 Å². The van der Waals surface area contributed by atoms with E-state index in [4.69, 9.17) is 20.4 Å². The molecule has 1 unspecified atom stereocenters. The number of carbonyl (C=O) groups is 6. The third-order valence-electron chi connectivity index (χ3n) is 7.20. The Kier molecular flexibility index (Phi) is 17.0. The molecule has 50 heavy (non-hydrogen) atoms. The summed E-state index contributed by atoms with van der Waals surface area (Å²) in [7, 11) is 1.20. The molecule has 0 aliphatic heterocycles. The highest BCUT2D eigenvalue weighted by Gasteiger charge is 2.38. The zero-order valence-electron chi connectivity index (χ0n) is 28.6. The van der Waals surface area contributed by atoms with Crippen molar-refractivity contribution in [2.75, 3.05) is 25.5 Å². The van der Waals surface area contributed by atoms with Crippen LogP contribution in [0.4, 0.5) is 22.6 Å². The first-order valence-corrected chi connectivity index (χ1v) is 16.2. The maximum absolute atomic E-state index is 13.4. The Morgan fingerprint density at radius 1 is 0.920 bits per heavy atom. The number of rotatable bonds is 14. The Labute approximate surface area is 290 Å². The summed E-state index contributed by atoms with van der Waals surface area (Å²) in [5.74, 6) is -6.57. The first kappa shape index (κ1) is 43.4. The van der Waals surface area contributed by atoms with Crippen LogP contribution in [0.3, 0.4) is 0 Å². The van der Waals surface area contributed by atoms with Crippen molar-refractivity contribution in [2.24, 2.45) is 17.6 Å². The molecule has 0 saturated carbocycles. The number of alkyl halides is 3. The predicted molar refractivity (Wildman–Crippen MR) is 177 cm³/mol. The maximum atomic E-state index is 13.4. The van der Waals surface area contributed by atoms with Crippen molar-refractivity contribution in [2.45, 2.75) is 72.1 Å². The van der Waals surface area contributed by atoms with Gasteiger partial charge in [-0.05, 0) is 48.4 Å². The minimum absolute atomic E-state index is 0.0587. The van der Waals surface area contributed by atoms with Gasteiger partial charge < -0.3 is 36.8 Å². The van der Waals surface area contributed by atoms with Gasteiger partial charge in [0, 0.05) is 13.1 Å². The molecule has 3 atom stereocenters. The fourth-order valence-electron chi connectivity index (χ4n) is 4.27. The van der Waals surface area contributed by atoms with Gasteiger partial charge in [0.05, 0.1) is 29.5 Å². The summed E-state index contributed by atoms with van der Waals surface area (Å²) in [6, 6.07) is 4.05. The van der Waals surface area contributed by atoms with Crippen LogP contribution in [0.15, 0.2) is 24.3 Å². The van der Waals surface area contributed by atoms with Gasteiger partial charge in [-0.2, -0.15) is 13.2 Å². The van der Waals surface area contributed by atoms with Gasteiger partial charge in [-0.3, -0.25) is 19.2 Å². The molecular weight excluding hydrogens is 690 g/mol. The van der Waals surface area contributed by atoms with Gasteiger partial charge in [0.1, 0.15) is 16.9 Å². The van der Waals surface area contributed by atoms with E-state index in [1.54, 1.807) is 20.8 Å². The summed E-state index contributed by atoms with van der Waals surface area (Å²) in [6.45, 7) is 10.7. The number of hydrogen-bond acceptors (Lipinski definition) is 9. The number of nitrogens with one attached hydrogen (secondary N) is 4.